The number of carbonyl (C=O) groups is 2. The van der Waals surface area contributed by atoms with Crippen molar-refractivity contribution in [3.63, 3.8) is 0 Å². The molecule has 4 atom stereocenters. The highest BCUT2D eigenvalue weighted by Gasteiger charge is 2.56. The van der Waals surface area contributed by atoms with Gasteiger partial charge >= 0.3 is 6.09 Å². The Hall–Kier alpha value is -3.27. The monoisotopic (exact) mass is 521 g/mol. The van der Waals surface area contributed by atoms with Crippen molar-refractivity contribution in [2.45, 2.75) is 56.3 Å². The zero-order valence-electron chi connectivity index (χ0n) is 20.8. The van der Waals surface area contributed by atoms with Gasteiger partial charge in [0.25, 0.3) is 0 Å². The SMILES string of the molecule is NCC1CC1(N)C(=O)N[C@H](CCC(Cc1ccccc1)NC(=O)OCc1cncs1)Cc1ccccc1. The van der Waals surface area contributed by atoms with Gasteiger partial charge in [0.2, 0.25) is 5.91 Å². The summed E-state index contributed by atoms with van der Waals surface area (Å²) in [5.74, 6) is -0.133. The largest absolute Gasteiger partial charge is 0.444 e. The fraction of sp³-hybridized carbons (Fsp3) is 0.393. The molecule has 2 aromatic carbocycles. The molecule has 0 aliphatic heterocycles. The maximum absolute atomic E-state index is 13.0. The van der Waals surface area contributed by atoms with Crippen molar-refractivity contribution in [3.8, 4) is 0 Å². The quantitative estimate of drug-likeness (QED) is 0.273. The van der Waals surface area contributed by atoms with E-state index in [-0.39, 0.29) is 30.5 Å². The van der Waals surface area contributed by atoms with E-state index in [1.165, 1.54) is 11.3 Å². The third-order valence-electron chi connectivity index (χ3n) is 6.86. The van der Waals surface area contributed by atoms with Crippen LogP contribution in [0, 0.1) is 5.92 Å². The Balaban J connectivity index is 1.41. The maximum Gasteiger partial charge on any atom is 0.407 e. The van der Waals surface area contributed by atoms with Crippen LogP contribution in [0.15, 0.2) is 72.4 Å². The minimum Gasteiger partial charge on any atom is -0.444 e. The molecule has 6 N–H and O–H groups in total. The van der Waals surface area contributed by atoms with E-state index in [1.807, 2.05) is 60.7 Å². The fourth-order valence-electron chi connectivity index (χ4n) is 4.55. The molecular formula is C28H35N5O3S. The Bertz CT molecular complexity index is 1130. The standard InChI is InChI=1S/C28H35N5O3S/c29-16-22-15-28(22,30)26(34)32-23(13-20-7-3-1-4-8-20)11-12-24(14-21-9-5-2-6-10-21)33-27(35)36-18-25-17-31-19-37-25/h1-10,17,19,22-24H,11-16,18,29-30H2,(H,32,34)(H,33,35)/t22?,23-,24?,28?/m1/s1. The summed E-state index contributed by atoms with van der Waals surface area (Å²) >= 11 is 1.44. The topological polar surface area (TPSA) is 132 Å². The number of ether oxygens (including phenoxy) is 1. The smallest absolute Gasteiger partial charge is 0.407 e. The molecule has 8 nitrogen and oxygen atoms in total. The van der Waals surface area contributed by atoms with Gasteiger partial charge in [-0.1, -0.05) is 60.7 Å². The molecule has 9 heteroatoms. The summed E-state index contributed by atoms with van der Waals surface area (Å²) in [7, 11) is 0. The van der Waals surface area contributed by atoms with Crippen LogP contribution in [0.1, 0.15) is 35.3 Å². The zero-order chi connectivity index (χ0) is 26.1. The average molecular weight is 522 g/mol. The van der Waals surface area contributed by atoms with Crippen molar-refractivity contribution < 1.29 is 14.3 Å². The number of rotatable bonds is 13. The number of thiazole rings is 1. The highest BCUT2D eigenvalue weighted by Crippen LogP contribution is 2.40. The molecule has 1 aliphatic rings. The Kier molecular flexibility index (Phi) is 9.27. The van der Waals surface area contributed by atoms with E-state index in [9.17, 15) is 9.59 Å². The van der Waals surface area contributed by atoms with Crippen LogP contribution in [-0.2, 0) is 29.0 Å². The van der Waals surface area contributed by atoms with Gasteiger partial charge in [0.1, 0.15) is 6.61 Å². The van der Waals surface area contributed by atoms with E-state index in [0.29, 0.717) is 38.6 Å². The molecule has 4 rings (SSSR count). The first-order valence-corrected chi connectivity index (χ1v) is 13.5. The van der Waals surface area contributed by atoms with Gasteiger partial charge in [0.15, 0.2) is 0 Å². The van der Waals surface area contributed by atoms with Crippen LogP contribution in [-0.4, -0.2) is 41.2 Å². The third-order valence-corrected chi connectivity index (χ3v) is 7.61. The lowest BCUT2D eigenvalue weighted by Crippen LogP contribution is -2.50. The predicted molar refractivity (Wildman–Crippen MR) is 145 cm³/mol. The molecule has 3 aromatic rings. The van der Waals surface area contributed by atoms with E-state index >= 15 is 0 Å². The molecule has 1 fully saturated rings. The number of alkyl carbamates (subject to hydrolysis) is 1. The second-order valence-corrected chi connectivity index (χ2v) is 10.7. The second-order valence-electron chi connectivity index (χ2n) is 9.69. The van der Waals surface area contributed by atoms with Crippen molar-refractivity contribution in [2.75, 3.05) is 6.54 Å². The van der Waals surface area contributed by atoms with Gasteiger partial charge in [-0.3, -0.25) is 9.78 Å². The number of nitrogens with one attached hydrogen (secondary N) is 2. The molecular weight excluding hydrogens is 486 g/mol. The highest BCUT2D eigenvalue weighted by atomic mass is 32.1. The van der Waals surface area contributed by atoms with Crippen LogP contribution >= 0.6 is 11.3 Å². The lowest BCUT2D eigenvalue weighted by molar-refractivity contribution is -0.124. The van der Waals surface area contributed by atoms with E-state index < -0.39 is 11.6 Å². The number of nitrogens with two attached hydrogens (primary N) is 2. The Morgan fingerprint density at radius 3 is 2.11 bits per heavy atom. The molecule has 1 heterocycles. The molecule has 1 aromatic heterocycles. The van der Waals surface area contributed by atoms with Gasteiger partial charge in [0, 0.05) is 24.2 Å². The third kappa shape index (κ3) is 7.85. The van der Waals surface area contributed by atoms with Crippen LogP contribution in [0.2, 0.25) is 0 Å². The summed E-state index contributed by atoms with van der Waals surface area (Å²) in [6, 6.07) is 19.8. The molecule has 37 heavy (non-hydrogen) atoms. The minimum absolute atomic E-state index is 0.0192. The first-order chi connectivity index (χ1) is 18.0. The maximum atomic E-state index is 13.0. The number of aromatic nitrogens is 1. The van der Waals surface area contributed by atoms with E-state index in [1.54, 1.807) is 11.7 Å². The minimum atomic E-state index is -0.883. The van der Waals surface area contributed by atoms with Crippen molar-refractivity contribution >= 4 is 23.3 Å². The van der Waals surface area contributed by atoms with Gasteiger partial charge in [-0.15, -0.1) is 11.3 Å². The Morgan fingerprint density at radius 1 is 1.00 bits per heavy atom. The molecule has 2 amide bonds. The molecule has 0 radical (unpaired) electrons. The number of hydrogen-bond donors (Lipinski definition) is 4. The lowest BCUT2D eigenvalue weighted by atomic mass is 9.95. The summed E-state index contributed by atoms with van der Waals surface area (Å²) < 4.78 is 5.42. The molecule has 1 saturated carbocycles. The van der Waals surface area contributed by atoms with Gasteiger partial charge in [0.05, 0.1) is 15.9 Å². The average Bonchev–Trinajstić information content (AvgIpc) is 3.31. The second kappa shape index (κ2) is 12.8. The number of hydrogen-bond acceptors (Lipinski definition) is 7. The highest BCUT2D eigenvalue weighted by molar-refractivity contribution is 7.09. The van der Waals surface area contributed by atoms with Crippen LogP contribution in [0.25, 0.3) is 0 Å². The summed E-state index contributed by atoms with van der Waals surface area (Å²) in [4.78, 5) is 30.5. The Morgan fingerprint density at radius 2 is 1.59 bits per heavy atom. The molecule has 0 spiro atoms. The number of amides is 2. The summed E-state index contributed by atoms with van der Waals surface area (Å²) in [6.45, 7) is 0.585. The predicted octanol–water partition coefficient (Wildman–Crippen LogP) is 3.16. The molecule has 196 valence electrons. The normalized spacial score (nSPS) is 20.0. The number of carbonyl (C=O) groups excluding carboxylic acids is 2. The van der Waals surface area contributed by atoms with Crippen LogP contribution in [0.5, 0.6) is 0 Å². The van der Waals surface area contributed by atoms with Crippen LogP contribution < -0.4 is 22.1 Å². The van der Waals surface area contributed by atoms with Crippen molar-refractivity contribution in [2.24, 2.45) is 17.4 Å². The summed E-state index contributed by atoms with van der Waals surface area (Å²) in [5.41, 5.74) is 15.1. The van der Waals surface area contributed by atoms with E-state index in [4.69, 9.17) is 16.2 Å². The molecule has 0 bridgehead atoms. The summed E-state index contributed by atoms with van der Waals surface area (Å²) in [5, 5.41) is 6.21. The Labute approximate surface area is 221 Å². The van der Waals surface area contributed by atoms with Gasteiger partial charge in [-0.2, -0.15) is 0 Å². The fourth-order valence-corrected chi connectivity index (χ4v) is 5.05. The summed E-state index contributed by atoms with van der Waals surface area (Å²) in [6.07, 6.45) is 4.47. The first kappa shape index (κ1) is 26.8. The van der Waals surface area contributed by atoms with Gasteiger partial charge < -0.3 is 26.8 Å². The first-order valence-electron chi connectivity index (χ1n) is 12.6. The molecule has 3 unspecified atom stereocenters. The van der Waals surface area contributed by atoms with Gasteiger partial charge in [-0.05, 0) is 49.8 Å². The zero-order valence-corrected chi connectivity index (χ0v) is 21.7. The van der Waals surface area contributed by atoms with Crippen molar-refractivity contribution in [1.82, 2.24) is 15.6 Å². The van der Waals surface area contributed by atoms with E-state index in [2.05, 4.69) is 15.6 Å². The number of nitrogens with zero attached hydrogens (tertiary/aromatic N) is 1. The lowest BCUT2D eigenvalue weighted by Gasteiger charge is -2.25. The van der Waals surface area contributed by atoms with Gasteiger partial charge in [-0.25, -0.2) is 4.79 Å². The van der Waals surface area contributed by atoms with Crippen LogP contribution in [0.3, 0.4) is 0 Å². The molecule has 0 saturated heterocycles. The van der Waals surface area contributed by atoms with E-state index in [0.717, 1.165) is 16.0 Å². The van der Waals surface area contributed by atoms with Crippen molar-refractivity contribution in [1.29, 1.82) is 0 Å². The van der Waals surface area contributed by atoms with Crippen molar-refractivity contribution in [3.05, 3.63) is 88.4 Å². The number of benzene rings is 2. The molecule has 1 aliphatic carbocycles. The van der Waals surface area contributed by atoms with Crippen LogP contribution in [0.4, 0.5) is 4.79 Å².